The van der Waals surface area contributed by atoms with E-state index < -0.39 is 0 Å². The summed E-state index contributed by atoms with van der Waals surface area (Å²) in [5, 5.41) is 2.84. The van der Waals surface area contributed by atoms with Crippen LogP contribution in [0.15, 0.2) is 18.2 Å². The number of anilines is 1. The van der Waals surface area contributed by atoms with E-state index in [4.69, 9.17) is 10.5 Å². The maximum absolute atomic E-state index is 11.3. The molecule has 0 spiro atoms. The highest BCUT2D eigenvalue weighted by atomic mass is 16.5. The van der Waals surface area contributed by atoms with Gasteiger partial charge in [0.1, 0.15) is 5.75 Å². The molecule has 98 valence electrons. The maximum Gasteiger partial charge on any atom is 0.262 e. The van der Waals surface area contributed by atoms with Crippen molar-refractivity contribution >= 4 is 11.6 Å². The van der Waals surface area contributed by atoms with Crippen molar-refractivity contribution in [3.05, 3.63) is 23.8 Å². The minimum atomic E-state index is -0.0976. The number of rotatable bonds is 4. The summed E-state index contributed by atoms with van der Waals surface area (Å²) >= 11 is 0. The van der Waals surface area contributed by atoms with Crippen LogP contribution in [0.5, 0.6) is 5.75 Å². The SMILES string of the molecule is CC(C)C(CCN)c1ccc2c(c1)NC(=O)CO2. The molecular formula is C14H20N2O2. The normalized spacial score (nSPS) is 15.9. The highest BCUT2D eigenvalue weighted by Gasteiger charge is 2.20. The third-order valence-electron chi connectivity index (χ3n) is 3.35. The van der Waals surface area contributed by atoms with E-state index in [0.29, 0.717) is 18.4 Å². The minimum absolute atomic E-state index is 0.0976. The number of fused-ring (bicyclic) bond motifs is 1. The summed E-state index contributed by atoms with van der Waals surface area (Å²) in [7, 11) is 0. The van der Waals surface area contributed by atoms with Crippen molar-refractivity contribution < 1.29 is 9.53 Å². The molecule has 2 rings (SSSR count). The van der Waals surface area contributed by atoms with E-state index in [1.165, 1.54) is 5.56 Å². The van der Waals surface area contributed by atoms with Crippen molar-refractivity contribution in [3.8, 4) is 5.75 Å². The molecule has 18 heavy (non-hydrogen) atoms. The summed E-state index contributed by atoms with van der Waals surface area (Å²) in [5.41, 5.74) is 7.65. The van der Waals surface area contributed by atoms with Crippen LogP contribution < -0.4 is 15.8 Å². The van der Waals surface area contributed by atoms with Crippen LogP contribution in [0.1, 0.15) is 31.7 Å². The molecule has 0 saturated heterocycles. The molecule has 1 aliphatic rings. The molecule has 1 aromatic carbocycles. The summed E-state index contributed by atoms with van der Waals surface area (Å²) in [4.78, 5) is 11.3. The van der Waals surface area contributed by atoms with Crippen LogP contribution in [0.3, 0.4) is 0 Å². The molecule has 4 heteroatoms. The van der Waals surface area contributed by atoms with Gasteiger partial charge in [0.2, 0.25) is 0 Å². The van der Waals surface area contributed by atoms with Gasteiger partial charge in [-0.3, -0.25) is 4.79 Å². The smallest absolute Gasteiger partial charge is 0.262 e. The van der Waals surface area contributed by atoms with Gasteiger partial charge in [0.15, 0.2) is 6.61 Å². The Labute approximate surface area is 108 Å². The molecular weight excluding hydrogens is 228 g/mol. The van der Waals surface area contributed by atoms with Gasteiger partial charge in [-0.15, -0.1) is 0 Å². The molecule has 1 aliphatic heterocycles. The van der Waals surface area contributed by atoms with Crippen LogP contribution in [-0.4, -0.2) is 19.1 Å². The molecule has 3 N–H and O–H groups in total. The number of hydrogen-bond acceptors (Lipinski definition) is 3. The van der Waals surface area contributed by atoms with Crippen LogP contribution in [-0.2, 0) is 4.79 Å². The predicted octanol–water partition coefficient (Wildman–Crippen LogP) is 2.11. The van der Waals surface area contributed by atoms with E-state index >= 15 is 0 Å². The zero-order valence-electron chi connectivity index (χ0n) is 10.9. The Hall–Kier alpha value is -1.55. The van der Waals surface area contributed by atoms with Gasteiger partial charge in [-0.05, 0) is 42.5 Å². The average molecular weight is 248 g/mol. The summed E-state index contributed by atoms with van der Waals surface area (Å²) in [6.45, 7) is 5.15. The van der Waals surface area contributed by atoms with Crippen molar-refractivity contribution in [3.63, 3.8) is 0 Å². The van der Waals surface area contributed by atoms with E-state index in [2.05, 4.69) is 25.2 Å². The molecule has 0 aromatic heterocycles. The lowest BCUT2D eigenvalue weighted by Gasteiger charge is -2.24. The first-order chi connectivity index (χ1) is 8.61. The number of hydrogen-bond donors (Lipinski definition) is 2. The molecule has 1 aromatic rings. The quantitative estimate of drug-likeness (QED) is 0.857. The van der Waals surface area contributed by atoms with Crippen molar-refractivity contribution in [1.82, 2.24) is 0 Å². The largest absolute Gasteiger partial charge is 0.482 e. The monoisotopic (exact) mass is 248 g/mol. The van der Waals surface area contributed by atoms with Crippen molar-refractivity contribution in [1.29, 1.82) is 0 Å². The van der Waals surface area contributed by atoms with Crippen LogP contribution in [0.2, 0.25) is 0 Å². The Balaban J connectivity index is 2.28. The van der Waals surface area contributed by atoms with Crippen LogP contribution >= 0.6 is 0 Å². The van der Waals surface area contributed by atoms with Gasteiger partial charge in [0, 0.05) is 0 Å². The number of amides is 1. The van der Waals surface area contributed by atoms with Gasteiger partial charge >= 0.3 is 0 Å². The Kier molecular flexibility index (Phi) is 3.87. The Morgan fingerprint density at radius 2 is 2.22 bits per heavy atom. The lowest BCUT2D eigenvalue weighted by Crippen LogP contribution is -2.25. The van der Waals surface area contributed by atoms with Crippen molar-refractivity contribution in [2.75, 3.05) is 18.5 Å². The molecule has 1 atom stereocenters. The average Bonchev–Trinajstić information content (AvgIpc) is 2.34. The summed E-state index contributed by atoms with van der Waals surface area (Å²) in [5.74, 6) is 1.58. The lowest BCUT2D eigenvalue weighted by atomic mass is 9.85. The highest BCUT2D eigenvalue weighted by molar-refractivity contribution is 5.95. The topological polar surface area (TPSA) is 64.3 Å². The Morgan fingerprint density at radius 1 is 1.44 bits per heavy atom. The maximum atomic E-state index is 11.3. The fourth-order valence-electron chi connectivity index (χ4n) is 2.40. The molecule has 0 bridgehead atoms. The zero-order valence-corrected chi connectivity index (χ0v) is 10.9. The highest BCUT2D eigenvalue weighted by Crippen LogP contribution is 2.34. The second kappa shape index (κ2) is 5.40. The zero-order chi connectivity index (χ0) is 13.1. The summed E-state index contributed by atoms with van der Waals surface area (Å²) in [6, 6.07) is 6.00. The molecule has 1 amide bonds. The number of carbonyl (C=O) groups excluding carboxylic acids is 1. The van der Waals surface area contributed by atoms with Crippen LogP contribution in [0.4, 0.5) is 5.69 Å². The molecule has 0 radical (unpaired) electrons. The van der Waals surface area contributed by atoms with Crippen molar-refractivity contribution in [2.45, 2.75) is 26.2 Å². The summed E-state index contributed by atoms with van der Waals surface area (Å²) < 4.78 is 5.35. The van der Waals surface area contributed by atoms with Gasteiger partial charge < -0.3 is 15.8 Å². The van der Waals surface area contributed by atoms with E-state index in [9.17, 15) is 4.79 Å². The van der Waals surface area contributed by atoms with E-state index in [1.807, 2.05) is 12.1 Å². The van der Waals surface area contributed by atoms with Gasteiger partial charge in [-0.2, -0.15) is 0 Å². The van der Waals surface area contributed by atoms with Crippen LogP contribution in [0, 0.1) is 5.92 Å². The molecule has 1 heterocycles. The Morgan fingerprint density at radius 3 is 2.89 bits per heavy atom. The lowest BCUT2D eigenvalue weighted by molar-refractivity contribution is -0.118. The predicted molar refractivity (Wildman–Crippen MR) is 71.8 cm³/mol. The summed E-state index contributed by atoms with van der Waals surface area (Å²) in [6.07, 6.45) is 0.950. The van der Waals surface area contributed by atoms with Gasteiger partial charge in [-0.1, -0.05) is 19.9 Å². The first-order valence-corrected chi connectivity index (χ1v) is 6.38. The molecule has 0 fully saturated rings. The second-order valence-electron chi connectivity index (χ2n) is 5.02. The molecule has 0 saturated carbocycles. The molecule has 4 nitrogen and oxygen atoms in total. The fraction of sp³-hybridized carbons (Fsp3) is 0.500. The molecule has 1 unspecified atom stereocenters. The van der Waals surface area contributed by atoms with Gasteiger partial charge in [-0.25, -0.2) is 0 Å². The Bertz CT molecular complexity index is 443. The third kappa shape index (κ3) is 2.64. The van der Waals surface area contributed by atoms with Crippen molar-refractivity contribution in [2.24, 2.45) is 11.7 Å². The standard InChI is InChI=1S/C14H20N2O2/c1-9(2)11(5-6-15)10-3-4-13-12(7-10)16-14(17)8-18-13/h3-4,7,9,11H,5-6,8,15H2,1-2H3,(H,16,17). The van der Waals surface area contributed by atoms with E-state index in [-0.39, 0.29) is 12.5 Å². The first kappa shape index (κ1) is 12.9. The minimum Gasteiger partial charge on any atom is -0.482 e. The third-order valence-corrected chi connectivity index (χ3v) is 3.35. The number of nitrogens with two attached hydrogens (primary N) is 1. The van der Waals surface area contributed by atoms with Gasteiger partial charge in [0.05, 0.1) is 5.69 Å². The second-order valence-corrected chi connectivity index (χ2v) is 5.02. The fourth-order valence-corrected chi connectivity index (χ4v) is 2.40. The van der Waals surface area contributed by atoms with E-state index in [1.54, 1.807) is 0 Å². The van der Waals surface area contributed by atoms with Crippen LogP contribution in [0.25, 0.3) is 0 Å². The number of benzene rings is 1. The molecule has 0 aliphatic carbocycles. The number of ether oxygens (including phenoxy) is 1. The number of carbonyl (C=O) groups is 1. The van der Waals surface area contributed by atoms with E-state index in [0.717, 1.165) is 17.9 Å². The van der Waals surface area contributed by atoms with Gasteiger partial charge in [0.25, 0.3) is 5.91 Å². The first-order valence-electron chi connectivity index (χ1n) is 6.38. The number of nitrogens with one attached hydrogen (secondary N) is 1.